The van der Waals surface area contributed by atoms with E-state index in [0.29, 0.717) is 5.69 Å². The fraction of sp³-hybridized carbons (Fsp3) is 0.500. The first-order chi connectivity index (χ1) is 11.4. The molecule has 5 atom stereocenters. The molecule has 0 aliphatic carbocycles. The number of isothiocyanates is 1. The molecule has 0 aromatic heterocycles. The van der Waals surface area contributed by atoms with Crippen LogP contribution in [-0.2, 0) is 25.6 Å². The van der Waals surface area contributed by atoms with Crippen molar-refractivity contribution in [1.82, 2.24) is 0 Å². The second kappa shape index (κ2) is 8.43. The predicted molar refractivity (Wildman–Crippen MR) is 87.8 cm³/mol. The highest BCUT2D eigenvalue weighted by Crippen LogP contribution is 2.25. The van der Waals surface area contributed by atoms with Crippen LogP contribution in [-0.4, -0.2) is 52.0 Å². The number of rotatable bonds is 5. The van der Waals surface area contributed by atoms with E-state index >= 15 is 0 Å². The van der Waals surface area contributed by atoms with Crippen LogP contribution in [0.1, 0.15) is 19.4 Å². The first kappa shape index (κ1) is 18.7. The molecule has 1 aliphatic heterocycles. The van der Waals surface area contributed by atoms with E-state index in [1.807, 2.05) is 0 Å². The molecule has 0 saturated carbocycles. The van der Waals surface area contributed by atoms with Crippen molar-refractivity contribution < 1.29 is 29.2 Å². The van der Waals surface area contributed by atoms with E-state index < -0.39 is 36.7 Å². The predicted octanol–water partition coefficient (Wildman–Crippen LogP) is 1.34. The SMILES string of the molecule is CC(=O)O[C@@H]1C(OCc2ccc(N=C=S)cc2)O[C@H](C)[C@@H](O)[C@@H]1O. The van der Waals surface area contributed by atoms with Gasteiger partial charge in [-0.05, 0) is 36.8 Å². The van der Waals surface area contributed by atoms with Crippen LogP contribution in [0.4, 0.5) is 5.69 Å². The van der Waals surface area contributed by atoms with Crippen molar-refractivity contribution in [2.24, 2.45) is 4.99 Å². The van der Waals surface area contributed by atoms with E-state index in [1.54, 1.807) is 31.2 Å². The molecule has 24 heavy (non-hydrogen) atoms. The van der Waals surface area contributed by atoms with E-state index in [0.717, 1.165) is 5.56 Å². The van der Waals surface area contributed by atoms with Gasteiger partial charge in [-0.2, -0.15) is 4.99 Å². The van der Waals surface area contributed by atoms with Gasteiger partial charge in [0.05, 0.1) is 23.6 Å². The third-order valence-electron chi connectivity index (χ3n) is 3.61. The van der Waals surface area contributed by atoms with Gasteiger partial charge in [-0.1, -0.05) is 12.1 Å². The smallest absolute Gasteiger partial charge is 0.303 e. The highest BCUT2D eigenvalue weighted by molar-refractivity contribution is 7.78. The number of benzene rings is 1. The third-order valence-corrected chi connectivity index (χ3v) is 3.70. The molecule has 1 heterocycles. The van der Waals surface area contributed by atoms with Crippen LogP contribution >= 0.6 is 12.2 Å². The Kier molecular flexibility index (Phi) is 6.56. The summed E-state index contributed by atoms with van der Waals surface area (Å²) in [6.07, 6.45) is -5.20. The number of esters is 1. The van der Waals surface area contributed by atoms with Crippen molar-refractivity contribution in [1.29, 1.82) is 0 Å². The maximum atomic E-state index is 11.2. The molecule has 0 amide bonds. The number of carbonyl (C=O) groups excluding carboxylic acids is 1. The summed E-state index contributed by atoms with van der Waals surface area (Å²) in [6, 6.07) is 7.10. The van der Waals surface area contributed by atoms with Gasteiger partial charge in [0, 0.05) is 6.92 Å². The Labute approximate surface area is 144 Å². The molecule has 1 fully saturated rings. The number of ether oxygens (including phenoxy) is 3. The molecular formula is C16H19NO6S. The monoisotopic (exact) mass is 353 g/mol. The van der Waals surface area contributed by atoms with Crippen LogP contribution in [0.15, 0.2) is 29.3 Å². The minimum atomic E-state index is -1.29. The lowest BCUT2D eigenvalue weighted by Gasteiger charge is -2.40. The van der Waals surface area contributed by atoms with Gasteiger partial charge in [0.2, 0.25) is 0 Å². The van der Waals surface area contributed by atoms with Gasteiger partial charge in [-0.25, -0.2) is 0 Å². The van der Waals surface area contributed by atoms with Crippen LogP contribution in [0.2, 0.25) is 0 Å². The van der Waals surface area contributed by atoms with Crippen LogP contribution in [0.5, 0.6) is 0 Å². The fourth-order valence-corrected chi connectivity index (χ4v) is 2.46. The molecule has 130 valence electrons. The largest absolute Gasteiger partial charge is 0.454 e. The lowest BCUT2D eigenvalue weighted by Crippen LogP contribution is -2.58. The molecule has 1 aromatic carbocycles. The van der Waals surface area contributed by atoms with Crippen molar-refractivity contribution in [3.8, 4) is 0 Å². The molecule has 2 N–H and O–H groups in total. The lowest BCUT2D eigenvalue weighted by atomic mass is 10.00. The highest BCUT2D eigenvalue weighted by atomic mass is 32.1. The number of aliphatic hydroxyl groups excluding tert-OH is 2. The van der Waals surface area contributed by atoms with E-state index in [-0.39, 0.29) is 6.61 Å². The number of nitrogens with zero attached hydrogens (tertiary/aromatic N) is 1. The first-order valence-corrected chi connectivity index (χ1v) is 7.80. The molecule has 0 bridgehead atoms. The van der Waals surface area contributed by atoms with Gasteiger partial charge in [-0.15, -0.1) is 0 Å². The zero-order valence-corrected chi connectivity index (χ0v) is 14.1. The third kappa shape index (κ3) is 4.67. The Morgan fingerprint density at radius 3 is 2.58 bits per heavy atom. The van der Waals surface area contributed by atoms with Gasteiger partial charge in [-0.3, -0.25) is 4.79 Å². The van der Waals surface area contributed by atoms with Gasteiger partial charge in [0.25, 0.3) is 0 Å². The zero-order chi connectivity index (χ0) is 17.7. The van der Waals surface area contributed by atoms with Crippen molar-refractivity contribution in [2.45, 2.75) is 51.2 Å². The quantitative estimate of drug-likeness (QED) is 0.468. The standard InChI is InChI=1S/C16H19NO6S/c1-9-13(19)14(20)15(23-10(2)18)16(22-9)21-7-11-3-5-12(6-4-11)17-8-24/h3-6,9,13-16,19-20H,7H2,1-2H3/t9-,13-,14+,15+,16?/m1/s1. The van der Waals surface area contributed by atoms with Gasteiger partial charge in [0.15, 0.2) is 12.4 Å². The first-order valence-electron chi connectivity index (χ1n) is 7.39. The zero-order valence-electron chi connectivity index (χ0n) is 13.3. The molecule has 2 rings (SSSR count). The molecule has 1 saturated heterocycles. The number of carbonyl (C=O) groups is 1. The minimum absolute atomic E-state index is 0.166. The minimum Gasteiger partial charge on any atom is -0.454 e. The fourth-order valence-electron chi connectivity index (χ4n) is 2.35. The van der Waals surface area contributed by atoms with E-state index in [9.17, 15) is 15.0 Å². The van der Waals surface area contributed by atoms with Crippen LogP contribution in [0.25, 0.3) is 0 Å². The summed E-state index contributed by atoms with van der Waals surface area (Å²) >= 11 is 4.54. The van der Waals surface area contributed by atoms with E-state index in [1.165, 1.54) is 6.92 Å². The summed E-state index contributed by atoms with van der Waals surface area (Å²) < 4.78 is 16.2. The van der Waals surface area contributed by atoms with Crippen molar-refractivity contribution in [2.75, 3.05) is 0 Å². The van der Waals surface area contributed by atoms with Crippen molar-refractivity contribution in [3.63, 3.8) is 0 Å². The van der Waals surface area contributed by atoms with Gasteiger partial charge in [0.1, 0.15) is 12.2 Å². The van der Waals surface area contributed by atoms with E-state index in [4.69, 9.17) is 14.2 Å². The number of thiocarbonyl (C=S) groups is 1. The summed E-state index contributed by atoms with van der Waals surface area (Å²) in [7, 11) is 0. The molecule has 1 aromatic rings. The molecule has 0 spiro atoms. The molecule has 0 radical (unpaired) electrons. The summed E-state index contributed by atoms with van der Waals surface area (Å²) in [4.78, 5) is 15.1. The maximum absolute atomic E-state index is 11.2. The Balaban J connectivity index is 2.04. The summed E-state index contributed by atoms with van der Waals surface area (Å²) in [5.74, 6) is -0.597. The Morgan fingerprint density at radius 2 is 2.00 bits per heavy atom. The van der Waals surface area contributed by atoms with Crippen LogP contribution in [0.3, 0.4) is 0 Å². The van der Waals surface area contributed by atoms with Crippen LogP contribution in [0, 0.1) is 0 Å². The normalized spacial score (nSPS) is 29.6. The van der Waals surface area contributed by atoms with Crippen molar-refractivity contribution >= 4 is 29.0 Å². The summed E-state index contributed by atoms with van der Waals surface area (Å²) in [5, 5.41) is 22.3. The molecule has 1 unspecified atom stereocenters. The average molecular weight is 353 g/mol. The topological polar surface area (TPSA) is 97.6 Å². The summed E-state index contributed by atoms with van der Waals surface area (Å²) in [5.41, 5.74) is 1.50. The molecular weight excluding hydrogens is 334 g/mol. The molecule has 1 aliphatic rings. The number of hydrogen-bond donors (Lipinski definition) is 2. The van der Waals surface area contributed by atoms with Gasteiger partial charge < -0.3 is 24.4 Å². The van der Waals surface area contributed by atoms with Crippen molar-refractivity contribution in [3.05, 3.63) is 29.8 Å². The number of aliphatic hydroxyl groups is 2. The Morgan fingerprint density at radius 1 is 1.33 bits per heavy atom. The molecule has 8 heteroatoms. The second-order valence-electron chi connectivity index (χ2n) is 5.45. The van der Waals surface area contributed by atoms with E-state index in [2.05, 4.69) is 22.4 Å². The van der Waals surface area contributed by atoms with Crippen LogP contribution < -0.4 is 0 Å². The number of aliphatic imine (C=N–C) groups is 1. The average Bonchev–Trinajstić information content (AvgIpc) is 2.55. The lowest BCUT2D eigenvalue weighted by molar-refractivity contribution is -0.299. The maximum Gasteiger partial charge on any atom is 0.303 e. The highest BCUT2D eigenvalue weighted by Gasteiger charge is 2.45. The second-order valence-corrected chi connectivity index (χ2v) is 5.63. The Hall–Kier alpha value is -1.67. The summed E-state index contributed by atoms with van der Waals surface area (Å²) in [6.45, 7) is 2.98. The molecule has 7 nitrogen and oxygen atoms in total. The van der Waals surface area contributed by atoms with Gasteiger partial charge >= 0.3 is 5.97 Å². The Bertz CT molecular complexity index is 615. The number of hydrogen-bond acceptors (Lipinski definition) is 8.